The molecule has 32 heavy (non-hydrogen) atoms. The van der Waals surface area contributed by atoms with E-state index in [2.05, 4.69) is 0 Å². The van der Waals surface area contributed by atoms with E-state index in [1.54, 1.807) is 90.1 Å². The van der Waals surface area contributed by atoms with Crippen LogP contribution in [-0.4, -0.2) is 41.4 Å². The molecule has 8 heteroatoms. The van der Waals surface area contributed by atoms with Gasteiger partial charge in [-0.3, -0.25) is 0 Å². The van der Waals surface area contributed by atoms with E-state index in [1.807, 2.05) is 0 Å². The van der Waals surface area contributed by atoms with E-state index in [0.29, 0.717) is 5.56 Å². The molecule has 1 heterocycles. The third-order valence-corrected chi connectivity index (χ3v) is 6.63. The van der Waals surface area contributed by atoms with Crippen LogP contribution in [0.2, 0.25) is 0 Å². The summed E-state index contributed by atoms with van der Waals surface area (Å²) in [4.78, 5) is 27.0. The number of rotatable bonds is 5. The predicted octanol–water partition coefficient (Wildman–Crippen LogP) is 3.85. The molecule has 0 spiro atoms. The molecule has 0 aliphatic carbocycles. The molecule has 172 valence electrons. The van der Waals surface area contributed by atoms with Crippen LogP contribution in [-0.2, 0) is 29.1 Å². The minimum absolute atomic E-state index is 0.0325. The lowest BCUT2D eigenvalue weighted by molar-refractivity contribution is -0.173. The summed E-state index contributed by atoms with van der Waals surface area (Å²) in [5.41, 5.74) is -3.57. The van der Waals surface area contributed by atoms with E-state index in [0.717, 1.165) is 4.31 Å². The van der Waals surface area contributed by atoms with Gasteiger partial charge in [-0.1, -0.05) is 48.5 Å². The van der Waals surface area contributed by atoms with Crippen molar-refractivity contribution in [1.82, 2.24) is 4.31 Å². The fourth-order valence-electron chi connectivity index (χ4n) is 3.51. The van der Waals surface area contributed by atoms with Crippen LogP contribution in [0.1, 0.15) is 53.1 Å². The SMILES string of the molecule is CC(C)(C)OC(=O)C1(C(=O)OC(C)(C)C)C(c2ccccc2)N1S(=O)(=O)c1ccccc1. The standard InChI is InChI=1S/C24H29NO6S/c1-22(2,3)30-20(26)24(21(27)31-23(4,5)6)19(17-13-9-7-10-14-17)25(24)32(28,29)18-15-11-8-12-16-18/h7-16,19H,1-6H3. The third kappa shape index (κ3) is 4.42. The molecule has 7 nitrogen and oxygen atoms in total. The minimum Gasteiger partial charge on any atom is -0.458 e. The van der Waals surface area contributed by atoms with E-state index in [-0.39, 0.29) is 4.90 Å². The molecule has 1 aliphatic heterocycles. The first-order valence-corrected chi connectivity index (χ1v) is 11.8. The van der Waals surface area contributed by atoms with Crippen LogP contribution in [0, 0.1) is 0 Å². The van der Waals surface area contributed by atoms with Crippen molar-refractivity contribution in [2.24, 2.45) is 0 Å². The average Bonchev–Trinajstić information content (AvgIpc) is 3.40. The zero-order chi connectivity index (χ0) is 23.9. The monoisotopic (exact) mass is 459 g/mol. The van der Waals surface area contributed by atoms with Gasteiger partial charge in [0, 0.05) is 0 Å². The van der Waals surface area contributed by atoms with Crippen LogP contribution >= 0.6 is 0 Å². The fourth-order valence-corrected chi connectivity index (χ4v) is 5.37. The van der Waals surface area contributed by atoms with Gasteiger partial charge < -0.3 is 9.47 Å². The number of carbonyl (C=O) groups excluding carboxylic acids is 2. The van der Waals surface area contributed by atoms with E-state index >= 15 is 0 Å². The summed E-state index contributed by atoms with van der Waals surface area (Å²) in [6.45, 7) is 9.94. The third-order valence-electron chi connectivity index (χ3n) is 4.75. The second kappa shape index (κ2) is 8.01. The zero-order valence-electron chi connectivity index (χ0n) is 19.2. The van der Waals surface area contributed by atoms with Crippen molar-refractivity contribution in [1.29, 1.82) is 0 Å². The molecule has 1 saturated heterocycles. The van der Waals surface area contributed by atoms with Gasteiger partial charge in [0.15, 0.2) is 0 Å². The quantitative estimate of drug-likeness (QED) is 0.383. The molecular weight excluding hydrogens is 430 g/mol. The Balaban J connectivity index is 2.23. The largest absolute Gasteiger partial charge is 0.458 e. The Morgan fingerprint density at radius 1 is 0.781 bits per heavy atom. The van der Waals surface area contributed by atoms with Crippen molar-refractivity contribution in [3.05, 3.63) is 66.2 Å². The van der Waals surface area contributed by atoms with Crippen molar-refractivity contribution in [2.45, 2.75) is 69.2 Å². The number of nitrogens with zero attached hydrogens (tertiary/aromatic N) is 1. The van der Waals surface area contributed by atoms with Crippen molar-refractivity contribution >= 4 is 22.0 Å². The summed E-state index contributed by atoms with van der Waals surface area (Å²) in [5, 5.41) is 0. The van der Waals surface area contributed by atoms with Crippen molar-refractivity contribution < 1.29 is 27.5 Å². The fraction of sp³-hybridized carbons (Fsp3) is 0.417. The zero-order valence-corrected chi connectivity index (χ0v) is 20.0. The van der Waals surface area contributed by atoms with Gasteiger partial charge in [-0.15, -0.1) is 0 Å². The van der Waals surface area contributed by atoms with Crippen LogP contribution in [0.4, 0.5) is 0 Å². The molecule has 2 aromatic carbocycles. The first-order chi connectivity index (χ1) is 14.7. The summed E-state index contributed by atoms with van der Waals surface area (Å²) in [6.07, 6.45) is 0. The second-order valence-electron chi connectivity index (χ2n) is 9.70. The van der Waals surface area contributed by atoms with Crippen LogP contribution in [0.15, 0.2) is 65.6 Å². The maximum Gasteiger partial charge on any atom is 0.341 e. The van der Waals surface area contributed by atoms with Crippen LogP contribution < -0.4 is 0 Å². The van der Waals surface area contributed by atoms with Gasteiger partial charge in [0.05, 0.1) is 10.9 Å². The van der Waals surface area contributed by atoms with Gasteiger partial charge in [0.2, 0.25) is 10.0 Å². The number of hydrogen-bond acceptors (Lipinski definition) is 6. The van der Waals surface area contributed by atoms with E-state index in [9.17, 15) is 18.0 Å². The molecule has 1 fully saturated rings. The van der Waals surface area contributed by atoms with Gasteiger partial charge >= 0.3 is 11.9 Å². The molecule has 1 aliphatic rings. The predicted molar refractivity (Wildman–Crippen MR) is 119 cm³/mol. The van der Waals surface area contributed by atoms with Crippen LogP contribution in [0.5, 0.6) is 0 Å². The molecular formula is C24H29NO6S. The smallest absolute Gasteiger partial charge is 0.341 e. The first-order valence-electron chi connectivity index (χ1n) is 10.3. The number of benzene rings is 2. The topological polar surface area (TPSA) is 89.8 Å². The summed E-state index contributed by atoms with van der Waals surface area (Å²) in [6, 6.07) is 15.1. The highest BCUT2D eigenvalue weighted by Gasteiger charge is 2.81. The van der Waals surface area contributed by atoms with Crippen molar-refractivity contribution in [3.63, 3.8) is 0 Å². The molecule has 3 rings (SSSR count). The Morgan fingerprint density at radius 2 is 1.19 bits per heavy atom. The Bertz CT molecular complexity index is 1070. The lowest BCUT2D eigenvalue weighted by atomic mass is 9.98. The van der Waals surface area contributed by atoms with Gasteiger partial charge in [-0.25, -0.2) is 18.0 Å². The summed E-state index contributed by atoms with van der Waals surface area (Å²) < 4.78 is 39.3. The molecule has 2 unspecified atom stereocenters. The molecule has 0 radical (unpaired) electrons. The van der Waals surface area contributed by atoms with Gasteiger partial charge in [0.1, 0.15) is 11.2 Å². The van der Waals surface area contributed by atoms with Crippen molar-refractivity contribution in [3.8, 4) is 0 Å². The Kier molecular flexibility index (Phi) is 5.99. The van der Waals surface area contributed by atoms with Gasteiger partial charge in [0.25, 0.3) is 5.54 Å². The Morgan fingerprint density at radius 3 is 1.59 bits per heavy atom. The average molecular weight is 460 g/mol. The minimum atomic E-state index is -4.24. The molecule has 0 saturated carbocycles. The summed E-state index contributed by atoms with van der Waals surface area (Å²) in [7, 11) is -4.24. The molecule has 0 N–H and O–H groups in total. The van der Waals surface area contributed by atoms with Crippen molar-refractivity contribution in [2.75, 3.05) is 0 Å². The number of carbonyl (C=O) groups is 2. The van der Waals surface area contributed by atoms with E-state index < -0.39 is 44.7 Å². The highest BCUT2D eigenvalue weighted by molar-refractivity contribution is 7.89. The maximum absolute atomic E-state index is 13.6. The lowest BCUT2D eigenvalue weighted by Crippen LogP contribution is -2.47. The highest BCUT2D eigenvalue weighted by atomic mass is 32.2. The van der Waals surface area contributed by atoms with E-state index in [4.69, 9.17) is 9.47 Å². The molecule has 2 aromatic rings. The first kappa shape index (κ1) is 23.9. The van der Waals surface area contributed by atoms with Crippen LogP contribution in [0.3, 0.4) is 0 Å². The highest BCUT2D eigenvalue weighted by Crippen LogP contribution is 2.58. The lowest BCUT2D eigenvalue weighted by Gasteiger charge is -2.26. The Hall–Kier alpha value is -2.71. The number of esters is 2. The Labute approximate surface area is 189 Å². The normalized spacial score (nSPS) is 20.3. The summed E-state index contributed by atoms with van der Waals surface area (Å²) in [5.74, 6) is -1.93. The molecule has 2 atom stereocenters. The number of ether oxygens (including phenoxy) is 2. The molecule has 0 aromatic heterocycles. The van der Waals surface area contributed by atoms with Gasteiger partial charge in [-0.05, 0) is 59.2 Å². The molecule has 0 bridgehead atoms. The summed E-state index contributed by atoms with van der Waals surface area (Å²) >= 11 is 0. The number of hydrogen-bond donors (Lipinski definition) is 0. The van der Waals surface area contributed by atoms with Gasteiger partial charge in [-0.2, -0.15) is 4.31 Å². The maximum atomic E-state index is 13.6. The number of sulfonamides is 1. The van der Waals surface area contributed by atoms with E-state index in [1.165, 1.54) is 12.1 Å². The molecule has 0 amide bonds. The second-order valence-corrected chi connectivity index (χ2v) is 11.5. The van der Waals surface area contributed by atoms with Crippen LogP contribution in [0.25, 0.3) is 0 Å².